The zero-order valence-electron chi connectivity index (χ0n) is 13.9. The Morgan fingerprint density at radius 1 is 1.22 bits per heavy atom. The number of non-ortho nitro benzene ring substituents is 1. The number of halogens is 1. The molecule has 2 aromatic carbocycles. The first-order chi connectivity index (χ1) is 12.8. The lowest BCUT2D eigenvalue weighted by atomic mass is 9.88. The topological polar surface area (TPSA) is 113 Å². The van der Waals surface area contributed by atoms with Gasteiger partial charge in [-0.05, 0) is 23.8 Å². The summed E-state index contributed by atoms with van der Waals surface area (Å²) in [6.45, 7) is 3.73. The molecule has 2 aromatic rings. The maximum Gasteiger partial charge on any atom is 0.319 e. The standard InChI is InChI=1S/C18H15FN4O4/c1-10-15(17(24)21-13-3-2-4-14(9-13)23(26)27)16(22-18(25)20-10)11-5-7-12(19)8-6-11/h2-9,15-16H,1H2,(H,21,24)(H2,20,22,25)/t15-,16-/m1/s1. The van der Waals surface area contributed by atoms with Crippen molar-refractivity contribution in [1.82, 2.24) is 10.6 Å². The van der Waals surface area contributed by atoms with Gasteiger partial charge in [0.25, 0.3) is 5.69 Å². The van der Waals surface area contributed by atoms with E-state index in [0.29, 0.717) is 5.56 Å². The molecule has 0 spiro atoms. The van der Waals surface area contributed by atoms with Gasteiger partial charge in [0.05, 0.1) is 11.0 Å². The average molecular weight is 370 g/mol. The van der Waals surface area contributed by atoms with Gasteiger partial charge >= 0.3 is 6.03 Å². The van der Waals surface area contributed by atoms with Crippen molar-refractivity contribution in [2.45, 2.75) is 6.04 Å². The van der Waals surface area contributed by atoms with Gasteiger partial charge in [0.2, 0.25) is 5.91 Å². The lowest BCUT2D eigenvalue weighted by Gasteiger charge is -2.33. The molecule has 1 heterocycles. The third kappa shape index (κ3) is 3.92. The number of benzene rings is 2. The summed E-state index contributed by atoms with van der Waals surface area (Å²) >= 11 is 0. The van der Waals surface area contributed by atoms with E-state index < -0.39 is 34.6 Å². The van der Waals surface area contributed by atoms with Crippen molar-refractivity contribution in [3.05, 3.63) is 82.3 Å². The van der Waals surface area contributed by atoms with Crippen LogP contribution in [0.5, 0.6) is 0 Å². The average Bonchev–Trinajstić information content (AvgIpc) is 2.61. The molecule has 3 amide bonds. The first kappa shape index (κ1) is 18.1. The van der Waals surface area contributed by atoms with E-state index in [1.54, 1.807) is 0 Å². The number of carbonyl (C=O) groups is 2. The van der Waals surface area contributed by atoms with Crippen molar-refractivity contribution in [3.63, 3.8) is 0 Å². The first-order valence-corrected chi connectivity index (χ1v) is 7.92. The van der Waals surface area contributed by atoms with Gasteiger partial charge < -0.3 is 16.0 Å². The quantitative estimate of drug-likeness (QED) is 0.567. The molecule has 0 bridgehead atoms. The lowest BCUT2D eigenvalue weighted by molar-refractivity contribution is -0.384. The maximum atomic E-state index is 13.2. The third-order valence-corrected chi connectivity index (χ3v) is 4.11. The van der Waals surface area contributed by atoms with Crippen molar-refractivity contribution in [3.8, 4) is 0 Å². The Labute approximate surface area is 153 Å². The van der Waals surface area contributed by atoms with E-state index in [1.165, 1.54) is 48.5 Å². The molecular weight excluding hydrogens is 355 g/mol. The van der Waals surface area contributed by atoms with E-state index in [4.69, 9.17) is 0 Å². The molecule has 9 heteroatoms. The molecule has 0 aromatic heterocycles. The molecular formula is C18H15FN4O4. The highest BCUT2D eigenvalue weighted by Gasteiger charge is 2.37. The Balaban J connectivity index is 1.88. The van der Waals surface area contributed by atoms with Crippen molar-refractivity contribution in [1.29, 1.82) is 0 Å². The van der Waals surface area contributed by atoms with E-state index in [-0.39, 0.29) is 17.1 Å². The number of hydrogen-bond acceptors (Lipinski definition) is 4. The summed E-state index contributed by atoms with van der Waals surface area (Å²) in [7, 11) is 0. The zero-order valence-corrected chi connectivity index (χ0v) is 13.9. The second-order valence-electron chi connectivity index (χ2n) is 5.93. The van der Waals surface area contributed by atoms with Gasteiger partial charge in [-0.15, -0.1) is 0 Å². The Hall–Kier alpha value is -3.75. The molecule has 8 nitrogen and oxygen atoms in total. The minimum Gasteiger partial charge on any atom is -0.330 e. The van der Waals surface area contributed by atoms with Gasteiger partial charge in [0.15, 0.2) is 0 Å². The van der Waals surface area contributed by atoms with Crippen molar-refractivity contribution < 1.29 is 18.9 Å². The number of hydrogen-bond donors (Lipinski definition) is 3. The van der Waals surface area contributed by atoms with E-state index in [1.807, 2.05) is 0 Å². The fourth-order valence-corrected chi connectivity index (χ4v) is 2.86. The van der Waals surface area contributed by atoms with Gasteiger partial charge in [-0.25, -0.2) is 9.18 Å². The highest BCUT2D eigenvalue weighted by Crippen LogP contribution is 2.31. The van der Waals surface area contributed by atoms with Gasteiger partial charge in [0, 0.05) is 23.5 Å². The molecule has 3 rings (SSSR count). The largest absolute Gasteiger partial charge is 0.330 e. The Kier molecular flexibility index (Phi) is 4.84. The Morgan fingerprint density at radius 3 is 2.59 bits per heavy atom. The predicted molar refractivity (Wildman–Crippen MR) is 95.2 cm³/mol. The molecule has 1 fully saturated rings. The molecule has 138 valence electrons. The van der Waals surface area contributed by atoms with Crippen LogP contribution in [-0.2, 0) is 4.79 Å². The molecule has 0 unspecified atom stereocenters. The highest BCUT2D eigenvalue weighted by atomic mass is 19.1. The van der Waals surface area contributed by atoms with Crippen LogP contribution in [0.3, 0.4) is 0 Å². The number of anilines is 1. The second-order valence-corrected chi connectivity index (χ2v) is 5.93. The van der Waals surface area contributed by atoms with Gasteiger partial charge in [-0.2, -0.15) is 0 Å². The molecule has 1 aliphatic heterocycles. The summed E-state index contributed by atoms with van der Waals surface area (Å²) in [5, 5.41) is 18.6. The van der Waals surface area contributed by atoms with Crippen molar-refractivity contribution in [2.24, 2.45) is 5.92 Å². The smallest absolute Gasteiger partial charge is 0.319 e. The van der Waals surface area contributed by atoms with Crippen LogP contribution in [0.15, 0.2) is 60.8 Å². The number of carbonyl (C=O) groups excluding carboxylic acids is 2. The Morgan fingerprint density at radius 2 is 1.93 bits per heavy atom. The van der Waals surface area contributed by atoms with Gasteiger partial charge in [0.1, 0.15) is 11.7 Å². The number of nitro benzene ring substituents is 1. The van der Waals surface area contributed by atoms with E-state index >= 15 is 0 Å². The molecule has 0 saturated carbocycles. The summed E-state index contributed by atoms with van der Waals surface area (Å²) in [5.74, 6) is -1.88. The summed E-state index contributed by atoms with van der Waals surface area (Å²) in [4.78, 5) is 34.9. The number of nitro groups is 1. The van der Waals surface area contributed by atoms with E-state index in [2.05, 4.69) is 22.5 Å². The normalized spacial score (nSPS) is 19.0. The molecule has 3 N–H and O–H groups in total. The molecule has 2 atom stereocenters. The monoisotopic (exact) mass is 370 g/mol. The molecule has 0 radical (unpaired) electrons. The predicted octanol–water partition coefficient (Wildman–Crippen LogP) is 2.86. The number of rotatable bonds is 4. The molecule has 1 saturated heterocycles. The zero-order chi connectivity index (χ0) is 19.6. The van der Waals surface area contributed by atoms with E-state index in [9.17, 15) is 24.1 Å². The molecule has 1 aliphatic rings. The highest BCUT2D eigenvalue weighted by molar-refractivity contribution is 5.97. The fraction of sp³-hybridized carbons (Fsp3) is 0.111. The lowest BCUT2D eigenvalue weighted by Crippen LogP contribution is -2.51. The van der Waals surface area contributed by atoms with Gasteiger partial charge in [-0.3, -0.25) is 14.9 Å². The van der Waals surface area contributed by atoms with Crippen LogP contribution in [0, 0.1) is 21.8 Å². The number of nitrogens with one attached hydrogen (secondary N) is 3. The summed E-state index contributed by atoms with van der Waals surface area (Å²) in [6.07, 6.45) is 0. The second kappa shape index (κ2) is 7.24. The summed E-state index contributed by atoms with van der Waals surface area (Å²) < 4.78 is 13.2. The van der Waals surface area contributed by atoms with Crippen molar-refractivity contribution in [2.75, 3.05) is 5.32 Å². The van der Waals surface area contributed by atoms with Gasteiger partial charge in [-0.1, -0.05) is 24.8 Å². The minimum atomic E-state index is -0.910. The van der Waals surface area contributed by atoms with Crippen LogP contribution in [0.4, 0.5) is 20.6 Å². The third-order valence-electron chi connectivity index (χ3n) is 4.11. The van der Waals surface area contributed by atoms with Crippen LogP contribution in [0.2, 0.25) is 0 Å². The maximum absolute atomic E-state index is 13.2. The van der Waals surface area contributed by atoms with Crippen LogP contribution in [-0.4, -0.2) is 16.9 Å². The molecule has 0 aliphatic carbocycles. The van der Waals surface area contributed by atoms with Crippen LogP contribution >= 0.6 is 0 Å². The summed E-state index contributed by atoms with van der Waals surface area (Å²) in [6, 6.07) is 9.55. The van der Waals surface area contributed by atoms with Crippen LogP contribution in [0.1, 0.15) is 11.6 Å². The fourth-order valence-electron chi connectivity index (χ4n) is 2.86. The van der Waals surface area contributed by atoms with E-state index in [0.717, 1.165) is 0 Å². The number of urea groups is 1. The van der Waals surface area contributed by atoms with Crippen LogP contribution < -0.4 is 16.0 Å². The SMILES string of the molecule is C=C1NC(=O)N[C@H](c2ccc(F)cc2)[C@@H]1C(=O)Nc1cccc([N+](=O)[O-])c1. The number of amides is 3. The first-order valence-electron chi connectivity index (χ1n) is 7.92. The minimum absolute atomic E-state index is 0.163. The van der Waals surface area contributed by atoms with Crippen molar-refractivity contribution >= 4 is 23.3 Å². The number of nitrogens with zero attached hydrogens (tertiary/aromatic N) is 1. The molecule has 27 heavy (non-hydrogen) atoms. The van der Waals surface area contributed by atoms with Crippen LogP contribution in [0.25, 0.3) is 0 Å². The Bertz CT molecular complexity index is 929. The summed E-state index contributed by atoms with van der Waals surface area (Å²) in [5.41, 5.74) is 0.746.